The maximum Gasteiger partial charge on any atom is 0.322 e. The summed E-state index contributed by atoms with van der Waals surface area (Å²) >= 11 is 0.481. The Hall–Kier alpha value is -1.93. The normalized spacial score (nSPS) is 13.0. The summed E-state index contributed by atoms with van der Waals surface area (Å²) < 4.78 is 4.08. The predicted molar refractivity (Wildman–Crippen MR) is 74.7 cm³/mol. The van der Waals surface area contributed by atoms with E-state index in [1.165, 1.54) is 0 Å². The molecule has 0 spiro atoms. The smallest absolute Gasteiger partial charge is 0.322 e. The van der Waals surface area contributed by atoms with E-state index in [0.29, 0.717) is 12.0 Å². The fourth-order valence-corrected chi connectivity index (χ4v) is 1.73. The summed E-state index contributed by atoms with van der Waals surface area (Å²) in [6.07, 6.45) is -0.397. The van der Waals surface area contributed by atoms with Crippen molar-refractivity contribution in [3.05, 3.63) is 0 Å². The van der Waals surface area contributed by atoms with Crippen molar-refractivity contribution < 1.29 is 44.0 Å². The molecule has 0 aromatic carbocycles. The van der Waals surface area contributed by atoms with Crippen LogP contribution in [0.4, 0.5) is 0 Å². The maximum absolute atomic E-state index is 11.7. The lowest BCUT2D eigenvalue weighted by Gasteiger charge is -2.17. The van der Waals surface area contributed by atoms with E-state index in [-0.39, 0.29) is 18.6 Å². The molecule has 0 aliphatic heterocycles. The summed E-state index contributed by atoms with van der Waals surface area (Å²) in [5, 5.41) is 32.7. The van der Waals surface area contributed by atoms with E-state index in [0.717, 1.165) is 0 Å². The van der Waals surface area contributed by atoms with Crippen molar-refractivity contribution in [1.82, 2.24) is 10.6 Å². The summed E-state index contributed by atoms with van der Waals surface area (Å²) in [5.41, 5.74) is 5.24. The third kappa shape index (κ3) is 10.4. The molecule has 0 heterocycles. The Kier molecular flexibility index (Phi) is 10.6. The van der Waals surface area contributed by atoms with Gasteiger partial charge in [-0.3, -0.25) is 19.2 Å². The SMILES string of the molecule is N[C@@H](CCC(=O)NC(CSOOO)C(=O)NCC(=O)O)C(=O)O. The summed E-state index contributed by atoms with van der Waals surface area (Å²) in [5.74, 6) is -4.22. The van der Waals surface area contributed by atoms with Crippen LogP contribution in [0.25, 0.3) is 0 Å². The molecule has 0 saturated carbocycles. The zero-order chi connectivity index (χ0) is 17.8. The molecule has 0 radical (unpaired) electrons. The first-order valence-electron chi connectivity index (χ1n) is 6.14. The van der Waals surface area contributed by atoms with Crippen LogP contribution < -0.4 is 16.4 Å². The highest BCUT2D eigenvalue weighted by Gasteiger charge is 2.23. The van der Waals surface area contributed by atoms with Crippen molar-refractivity contribution in [3.8, 4) is 0 Å². The Morgan fingerprint density at radius 3 is 2.39 bits per heavy atom. The fraction of sp³-hybridized carbons (Fsp3) is 0.600. The summed E-state index contributed by atoms with van der Waals surface area (Å²) in [6.45, 7) is -0.656. The second-order valence-corrected chi connectivity index (χ2v) is 4.85. The molecule has 132 valence electrons. The molecule has 23 heavy (non-hydrogen) atoms. The minimum Gasteiger partial charge on any atom is -0.480 e. The Morgan fingerprint density at radius 2 is 1.87 bits per heavy atom. The van der Waals surface area contributed by atoms with Gasteiger partial charge in [0, 0.05) is 18.5 Å². The molecule has 0 aromatic heterocycles. The topological polar surface area (TPSA) is 198 Å². The number of carboxylic acid groups (broad SMARTS) is 2. The number of hydrogen-bond donors (Lipinski definition) is 6. The largest absolute Gasteiger partial charge is 0.480 e. The number of amides is 2. The van der Waals surface area contributed by atoms with Gasteiger partial charge in [0.05, 0.1) is 5.75 Å². The lowest BCUT2D eigenvalue weighted by molar-refractivity contribution is -0.432. The fourth-order valence-electron chi connectivity index (χ4n) is 1.26. The molecule has 0 rings (SSSR count). The highest BCUT2D eigenvalue weighted by atomic mass is 32.2. The van der Waals surface area contributed by atoms with Gasteiger partial charge in [-0.05, 0) is 6.42 Å². The van der Waals surface area contributed by atoms with Crippen LogP contribution >= 0.6 is 12.0 Å². The Labute approximate surface area is 134 Å². The molecule has 7 N–H and O–H groups in total. The first kappa shape index (κ1) is 21.1. The zero-order valence-corrected chi connectivity index (χ0v) is 12.6. The lowest BCUT2D eigenvalue weighted by atomic mass is 10.1. The number of carboxylic acids is 2. The van der Waals surface area contributed by atoms with Gasteiger partial charge in [-0.2, -0.15) is 0 Å². The summed E-state index contributed by atoms with van der Waals surface area (Å²) in [7, 11) is 0. The second-order valence-electron chi connectivity index (χ2n) is 4.14. The third-order valence-corrected chi connectivity index (χ3v) is 3.00. The molecule has 12 nitrogen and oxygen atoms in total. The first-order chi connectivity index (χ1) is 10.8. The van der Waals surface area contributed by atoms with Gasteiger partial charge in [0.1, 0.15) is 18.6 Å². The maximum atomic E-state index is 11.7. The zero-order valence-electron chi connectivity index (χ0n) is 11.8. The van der Waals surface area contributed by atoms with Gasteiger partial charge in [-0.15, -0.1) is 4.33 Å². The van der Waals surface area contributed by atoms with E-state index in [1.807, 2.05) is 0 Å². The average Bonchev–Trinajstić information content (AvgIpc) is 2.49. The van der Waals surface area contributed by atoms with E-state index in [1.54, 1.807) is 0 Å². The molecular formula is C10H17N3O9S. The van der Waals surface area contributed by atoms with Crippen molar-refractivity contribution >= 4 is 35.8 Å². The standard InChI is InChI=1S/C10H17N3O9S/c11-5(10(18)19)1-2-7(14)13-6(4-23-22-21-20)9(17)12-3-8(15)16/h5-6,20H,1-4,11H2,(H,12,17)(H,13,14)(H,15,16)(H,18,19)/t5-,6?/m0/s1. The lowest BCUT2D eigenvalue weighted by Crippen LogP contribution is -2.49. The van der Waals surface area contributed by atoms with Gasteiger partial charge in [0.2, 0.25) is 11.8 Å². The predicted octanol–water partition coefficient (Wildman–Crippen LogP) is -2.07. The summed E-state index contributed by atoms with van der Waals surface area (Å²) in [6, 6.07) is -2.41. The van der Waals surface area contributed by atoms with Crippen molar-refractivity contribution in [3.63, 3.8) is 0 Å². The van der Waals surface area contributed by atoms with Crippen LogP contribution in [0.2, 0.25) is 0 Å². The average molecular weight is 355 g/mol. The number of hydrogen-bond acceptors (Lipinski definition) is 9. The van der Waals surface area contributed by atoms with Crippen molar-refractivity contribution in [2.24, 2.45) is 5.73 Å². The first-order valence-corrected chi connectivity index (χ1v) is 7.06. The molecule has 0 aliphatic carbocycles. The van der Waals surface area contributed by atoms with Crippen molar-refractivity contribution in [1.29, 1.82) is 0 Å². The Balaban J connectivity index is 4.48. The number of nitrogens with two attached hydrogens (primary N) is 1. The number of aliphatic carboxylic acids is 2. The highest BCUT2D eigenvalue weighted by Crippen LogP contribution is 2.06. The molecule has 0 bridgehead atoms. The number of rotatable bonds is 12. The third-order valence-electron chi connectivity index (χ3n) is 2.38. The van der Waals surface area contributed by atoms with Gasteiger partial charge < -0.3 is 26.6 Å². The second kappa shape index (κ2) is 11.6. The summed E-state index contributed by atoms with van der Waals surface area (Å²) in [4.78, 5) is 44.3. The van der Waals surface area contributed by atoms with Crippen LogP contribution in [0.1, 0.15) is 12.8 Å². The van der Waals surface area contributed by atoms with Crippen LogP contribution in [0.5, 0.6) is 0 Å². The van der Waals surface area contributed by atoms with Crippen LogP contribution in [-0.4, -0.2) is 63.6 Å². The van der Waals surface area contributed by atoms with E-state index < -0.39 is 42.4 Å². The van der Waals surface area contributed by atoms with Crippen LogP contribution in [0, 0.1) is 0 Å². The van der Waals surface area contributed by atoms with Crippen molar-refractivity contribution in [2.45, 2.75) is 24.9 Å². The number of nitrogens with one attached hydrogen (secondary N) is 2. The van der Waals surface area contributed by atoms with Gasteiger partial charge in [0.15, 0.2) is 0 Å². The van der Waals surface area contributed by atoms with Gasteiger partial charge in [-0.1, -0.05) is 5.04 Å². The van der Waals surface area contributed by atoms with E-state index in [4.69, 9.17) is 21.2 Å². The van der Waals surface area contributed by atoms with Crippen LogP contribution in [-0.2, 0) is 28.6 Å². The van der Waals surface area contributed by atoms with Gasteiger partial charge in [0.25, 0.3) is 0 Å². The van der Waals surface area contributed by atoms with Crippen molar-refractivity contribution in [2.75, 3.05) is 12.3 Å². The molecule has 0 aliphatic rings. The van der Waals surface area contributed by atoms with Crippen LogP contribution in [0.15, 0.2) is 0 Å². The van der Waals surface area contributed by atoms with E-state index in [9.17, 15) is 19.2 Å². The van der Waals surface area contributed by atoms with Gasteiger partial charge in [-0.25, -0.2) is 5.26 Å². The Bertz CT molecular complexity index is 434. The molecule has 0 fully saturated rings. The molecule has 0 saturated heterocycles. The van der Waals surface area contributed by atoms with E-state index >= 15 is 0 Å². The van der Waals surface area contributed by atoms with Gasteiger partial charge >= 0.3 is 11.9 Å². The van der Waals surface area contributed by atoms with E-state index in [2.05, 4.69) is 20.0 Å². The molecule has 2 atom stereocenters. The molecule has 1 unspecified atom stereocenters. The number of carbonyl (C=O) groups is 4. The molecule has 13 heteroatoms. The molecule has 2 amide bonds. The quantitative estimate of drug-likeness (QED) is 0.0973. The Morgan fingerprint density at radius 1 is 1.22 bits per heavy atom. The minimum atomic E-state index is -1.28. The molecular weight excluding hydrogens is 338 g/mol. The number of carbonyl (C=O) groups excluding carboxylic acids is 2. The van der Waals surface area contributed by atoms with Crippen LogP contribution in [0.3, 0.4) is 0 Å². The monoisotopic (exact) mass is 355 g/mol. The highest BCUT2D eigenvalue weighted by molar-refractivity contribution is 7.94. The minimum absolute atomic E-state index is 0.145. The molecule has 0 aromatic rings.